The summed E-state index contributed by atoms with van der Waals surface area (Å²) in [6.45, 7) is 11.4. The van der Waals surface area contributed by atoms with Crippen LogP contribution in [0, 0.1) is 0 Å². The quantitative estimate of drug-likeness (QED) is 0.597. The van der Waals surface area contributed by atoms with Crippen molar-refractivity contribution in [1.82, 2.24) is 14.7 Å². The van der Waals surface area contributed by atoms with Crippen LogP contribution in [-0.2, 0) is 6.54 Å². The SMILES string of the molecule is COc1cccc(-c2ccc(CN3CCC(N(C)C)C3)cc2)c1C(=O)N(C(C)C)C(C)C. The van der Waals surface area contributed by atoms with E-state index in [9.17, 15) is 4.79 Å². The fraction of sp³-hybridized carbons (Fsp3) is 0.519. The Kier molecular flexibility index (Phi) is 7.96. The topological polar surface area (TPSA) is 36.0 Å². The lowest BCUT2D eigenvalue weighted by Gasteiger charge is -2.32. The van der Waals surface area contributed by atoms with Gasteiger partial charge in [-0.25, -0.2) is 0 Å². The molecule has 32 heavy (non-hydrogen) atoms. The molecule has 1 aliphatic heterocycles. The molecule has 1 saturated heterocycles. The number of carbonyl (C=O) groups excluding carboxylic acids is 1. The van der Waals surface area contributed by atoms with E-state index in [0.717, 1.165) is 30.8 Å². The summed E-state index contributed by atoms with van der Waals surface area (Å²) in [5.41, 5.74) is 3.89. The zero-order valence-electron chi connectivity index (χ0n) is 20.8. The molecule has 0 saturated carbocycles. The fourth-order valence-corrected chi connectivity index (χ4v) is 4.78. The van der Waals surface area contributed by atoms with Gasteiger partial charge in [-0.2, -0.15) is 0 Å². The van der Waals surface area contributed by atoms with Crippen molar-refractivity contribution in [3.8, 4) is 16.9 Å². The van der Waals surface area contributed by atoms with Crippen molar-refractivity contribution in [2.45, 2.75) is 58.8 Å². The van der Waals surface area contributed by atoms with E-state index in [1.165, 1.54) is 12.0 Å². The van der Waals surface area contributed by atoms with E-state index < -0.39 is 0 Å². The van der Waals surface area contributed by atoms with Crippen LogP contribution in [0.2, 0.25) is 0 Å². The predicted molar refractivity (Wildman–Crippen MR) is 132 cm³/mol. The second kappa shape index (κ2) is 10.5. The first-order valence-corrected chi connectivity index (χ1v) is 11.7. The minimum absolute atomic E-state index is 0.0123. The number of methoxy groups -OCH3 is 1. The van der Waals surface area contributed by atoms with Crippen LogP contribution in [-0.4, -0.2) is 73.0 Å². The van der Waals surface area contributed by atoms with Gasteiger partial charge >= 0.3 is 0 Å². The highest BCUT2D eigenvalue weighted by Crippen LogP contribution is 2.33. The summed E-state index contributed by atoms with van der Waals surface area (Å²) in [5, 5.41) is 0. The molecular weight excluding hydrogens is 398 g/mol. The maximum atomic E-state index is 13.6. The van der Waals surface area contributed by atoms with E-state index in [4.69, 9.17) is 4.74 Å². The second-order valence-electron chi connectivity index (χ2n) is 9.62. The van der Waals surface area contributed by atoms with E-state index in [1.54, 1.807) is 7.11 Å². The fourth-order valence-electron chi connectivity index (χ4n) is 4.78. The first-order valence-electron chi connectivity index (χ1n) is 11.7. The molecule has 1 aliphatic rings. The lowest BCUT2D eigenvalue weighted by molar-refractivity contribution is 0.0641. The van der Waals surface area contributed by atoms with Crippen molar-refractivity contribution in [2.24, 2.45) is 0 Å². The average molecular weight is 438 g/mol. The molecule has 1 atom stereocenters. The number of carbonyl (C=O) groups is 1. The highest BCUT2D eigenvalue weighted by Gasteiger charge is 2.27. The summed E-state index contributed by atoms with van der Waals surface area (Å²) in [6, 6.07) is 15.4. The minimum Gasteiger partial charge on any atom is -0.496 e. The Morgan fingerprint density at radius 1 is 1.06 bits per heavy atom. The molecule has 5 nitrogen and oxygen atoms in total. The van der Waals surface area contributed by atoms with Crippen molar-refractivity contribution in [1.29, 1.82) is 0 Å². The van der Waals surface area contributed by atoms with Crippen LogP contribution in [0.4, 0.5) is 0 Å². The van der Waals surface area contributed by atoms with Crippen LogP contribution in [0.5, 0.6) is 5.75 Å². The van der Waals surface area contributed by atoms with E-state index in [2.05, 4.69) is 75.9 Å². The summed E-state index contributed by atoms with van der Waals surface area (Å²) in [6.07, 6.45) is 1.22. The number of hydrogen-bond acceptors (Lipinski definition) is 4. The zero-order chi connectivity index (χ0) is 23.4. The van der Waals surface area contributed by atoms with E-state index in [1.807, 2.05) is 23.1 Å². The molecule has 0 bridgehead atoms. The van der Waals surface area contributed by atoms with Gasteiger partial charge < -0.3 is 14.5 Å². The summed E-state index contributed by atoms with van der Waals surface area (Å²) in [4.78, 5) is 20.4. The molecule has 3 rings (SSSR count). The summed E-state index contributed by atoms with van der Waals surface area (Å²) in [5.74, 6) is 0.632. The zero-order valence-corrected chi connectivity index (χ0v) is 20.8. The van der Waals surface area contributed by atoms with Gasteiger partial charge in [0.15, 0.2) is 0 Å². The van der Waals surface area contributed by atoms with Gasteiger partial charge in [-0.3, -0.25) is 9.69 Å². The number of amides is 1. The van der Waals surface area contributed by atoms with Crippen molar-refractivity contribution < 1.29 is 9.53 Å². The van der Waals surface area contributed by atoms with Crippen molar-refractivity contribution in [3.05, 3.63) is 53.6 Å². The van der Waals surface area contributed by atoms with Gasteiger partial charge in [-0.05, 0) is 71.0 Å². The second-order valence-corrected chi connectivity index (χ2v) is 9.62. The smallest absolute Gasteiger partial charge is 0.258 e. The molecule has 1 fully saturated rings. The highest BCUT2D eigenvalue weighted by atomic mass is 16.5. The van der Waals surface area contributed by atoms with E-state index >= 15 is 0 Å². The molecule has 1 amide bonds. The van der Waals surface area contributed by atoms with Crippen LogP contribution in [0.1, 0.15) is 50.0 Å². The Hall–Kier alpha value is -2.37. The van der Waals surface area contributed by atoms with Gasteiger partial charge in [0.25, 0.3) is 5.91 Å². The maximum Gasteiger partial charge on any atom is 0.258 e. The summed E-state index contributed by atoms with van der Waals surface area (Å²) < 4.78 is 5.62. The average Bonchev–Trinajstić information content (AvgIpc) is 3.22. The van der Waals surface area contributed by atoms with E-state index in [0.29, 0.717) is 17.4 Å². The number of benzene rings is 2. The van der Waals surface area contributed by atoms with Gasteiger partial charge in [0.05, 0.1) is 12.7 Å². The first kappa shape index (κ1) is 24.3. The normalized spacial score (nSPS) is 16.9. The van der Waals surface area contributed by atoms with Crippen molar-refractivity contribution >= 4 is 5.91 Å². The first-order chi connectivity index (χ1) is 15.2. The molecule has 2 aromatic rings. The molecule has 0 aliphatic carbocycles. The van der Waals surface area contributed by atoms with Crippen LogP contribution in [0.15, 0.2) is 42.5 Å². The lowest BCUT2D eigenvalue weighted by Crippen LogP contribution is -2.42. The Morgan fingerprint density at radius 3 is 2.25 bits per heavy atom. The summed E-state index contributed by atoms with van der Waals surface area (Å²) >= 11 is 0. The number of ether oxygens (including phenoxy) is 1. The molecular formula is C27H39N3O2. The van der Waals surface area contributed by atoms with Gasteiger partial charge in [0.2, 0.25) is 0 Å². The van der Waals surface area contributed by atoms with Crippen LogP contribution in [0.3, 0.4) is 0 Å². The molecule has 1 heterocycles. The maximum absolute atomic E-state index is 13.6. The number of likely N-dealkylation sites (tertiary alicyclic amines) is 1. The van der Waals surface area contributed by atoms with Crippen molar-refractivity contribution in [3.63, 3.8) is 0 Å². The molecule has 0 radical (unpaired) electrons. The minimum atomic E-state index is 0.0123. The van der Waals surface area contributed by atoms with Gasteiger partial charge in [-0.15, -0.1) is 0 Å². The summed E-state index contributed by atoms with van der Waals surface area (Å²) in [7, 11) is 5.95. The number of hydrogen-bond donors (Lipinski definition) is 0. The number of nitrogens with zero attached hydrogens (tertiary/aromatic N) is 3. The molecule has 2 aromatic carbocycles. The Labute approximate surface area is 194 Å². The Bertz CT molecular complexity index is 898. The van der Waals surface area contributed by atoms with Crippen LogP contribution < -0.4 is 4.74 Å². The van der Waals surface area contributed by atoms with E-state index in [-0.39, 0.29) is 18.0 Å². The van der Waals surface area contributed by atoms with Gasteiger partial charge in [0, 0.05) is 37.8 Å². The Morgan fingerprint density at radius 2 is 1.72 bits per heavy atom. The van der Waals surface area contributed by atoms with Gasteiger partial charge in [0.1, 0.15) is 5.75 Å². The highest BCUT2D eigenvalue weighted by molar-refractivity contribution is 6.03. The number of likely N-dealkylation sites (N-methyl/N-ethyl adjacent to an activating group) is 1. The third-order valence-corrected chi connectivity index (χ3v) is 6.46. The van der Waals surface area contributed by atoms with Crippen LogP contribution >= 0.6 is 0 Å². The van der Waals surface area contributed by atoms with Crippen LogP contribution in [0.25, 0.3) is 11.1 Å². The number of rotatable bonds is 8. The third kappa shape index (κ3) is 5.33. The predicted octanol–water partition coefficient (Wildman–Crippen LogP) is 4.76. The molecule has 1 unspecified atom stereocenters. The monoisotopic (exact) mass is 437 g/mol. The van der Waals surface area contributed by atoms with Crippen molar-refractivity contribution in [2.75, 3.05) is 34.3 Å². The molecule has 0 N–H and O–H groups in total. The molecule has 5 heteroatoms. The van der Waals surface area contributed by atoms with Gasteiger partial charge in [-0.1, -0.05) is 36.4 Å². The molecule has 174 valence electrons. The molecule has 0 spiro atoms. The lowest BCUT2D eigenvalue weighted by atomic mass is 9.96. The third-order valence-electron chi connectivity index (χ3n) is 6.46. The standard InChI is InChI=1S/C27H39N3O2/c1-19(2)30(20(3)4)27(31)26-24(9-8-10-25(26)32-7)22-13-11-21(12-14-22)17-29-16-15-23(18-29)28(5)6/h8-14,19-20,23H,15-18H2,1-7H3. The Balaban J connectivity index is 1.87. The largest absolute Gasteiger partial charge is 0.496 e. The molecule has 0 aromatic heterocycles.